The molecular weight excluding hydrogens is 214 g/mol. The van der Waals surface area contributed by atoms with Gasteiger partial charge in [-0.15, -0.1) is 5.92 Å². The molecule has 2 heterocycles. The molecule has 0 saturated carbocycles. The molecule has 1 aromatic rings. The summed E-state index contributed by atoms with van der Waals surface area (Å²) in [4.78, 5) is 10.5. The number of rotatable bonds is 3. The molecule has 0 saturated heterocycles. The Bertz CT molecular complexity index is 459. The van der Waals surface area contributed by atoms with Crippen molar-refractivity contribution in [2.75, 3.05) is 24.6 Å². The Morgan fingerprint density at radius 2 is 2.35 bits per heavy atom. The highest BCUT2D eigenvalue weighted by atomic mass is 16.5. The van der Waals surface area contributed by atoms with Crippen LogP contribution in [0.3, 0.4) is 0 Å². The molecule has 0 bridgehead atoms. The summed E-state index contributed by atoms with van der Waals surface area (Å²) in [5.74, 6) is 7.10. The van der Waals surface area contributed by atoms with Crippen LogP contribution in [0.1, 0.15) is 13.3 Å². The van der Waals surface area contributed by atoms with E-state index in [0.29, 0.717) is 12.5 Å². The first-order valence-electron chi connectivity index (χ1n) is 5.64. The molecule has 1 aromatic heterocycles. The van der Waals surface area contributed by atoms with Crippen molar-refractivity contribution in [2.45, 2.75) is 13.3 Å². The molecule has 0 spiro atoms. The van der Waals surface area contributed by atoms with E-state index in [2.05, 4.69) is 38.9 Å². The second kappa shape index (κ2) is 5.90. The van der Waals surface area contributed by atoms with E-state index in [1.165, 1.54) is 6.33 Å². The van der Waals surface area contributed by atoms with Crippen molar-refractivity contribution in [1.29, 1.82) is 0 Å². The lowest BCUT2D eigenvalue weighted by Crippen LogP contribution is -2.27. The molecule has 4 nitrogen and oxygen atoms in total. The van der Waals surface area contributed by atoms with Gasteiger partial charge in [-0.2, -0.15) is 0 Å². The minimum absolute atomic E-state index is 0.368. The molecule has 0 N–H and O–H groups in total. The van der Waals surface area contributed by atoms with Crippen LogP contribution in [-0.4, -0.2) is 29.7 Å². The largest absolute Gasteiger partial charge is 0.464 e. The van der Waals surface area contributed by atoms with Gasteiger partial charge in [0.25, 0.3) is 0 Å². The maximum absolute atomic E-state index is 5.41. The Morgan fingerprint density at radius 3 is 3.12 bits per heavy atom. The first-order chi connectivity index (χ1) is 8.40. The number of nitrogens with zero attached hydrogens (tertiary/aromatic N) is 3. The number of hydrogen-bond donors (Lipinski definition) is 0. The number of anilines is 1. The third-order valence-corrected chi connectivity index (χ3v) is 2.48. The summed E-state index contributed by atoms with van der Waals surface area (Å²) in [6, 6.07) is 1.86. The van der Waals surface area contributed by atoms with Crippen LogP contribution in [0.15, 0.2) is 24.5 Å². The third kappa shape index (κ3) is 3.22. The molecule has 0 atom stereocenters. The second-order valence-electron chi connectivity index (χ2n) is 3.64. The molecule has 2 rings (SSSR count). The van der Waals surface area contributed by atoms with Gasteiger partial charge in [0, 0.05) is 19.2 Å². The Balaban J connectivity index is 2.04. The zero-order chi connectivity index (χ0) is 11.9. The minimum Gasteiger partial charge on any atom is -0.464 e. The molecule has 17 heavy (non-hydrogen) atoms. The number of aromatic nitrogens is 2. The lowest BCUT2D eigenvalue weighted by molar-refractivity contribution is 0.354. The van der Waals surface area contributed by atoms with Gasteiger partial charge >= 0.3 is 0 Å². The van der Waals surface area contributed by atoms with Gasteiger partial charge in [0.2, 0.25) is 5.88 Å². The van der Waals surface area contributed by atoms with Gasteiger partial charge in [-0.05, 0) is 13.3 Å². The van der Waals surface area contributed by atoms with Gasteiger partial charge in [-0.25, -0.2) is 9.97 Å². The van der Waals surface area contributed by atoms with Crippen LogP contribution in [0.2, 0.25) is 0 Å². The fraction of sp³-hybridized carbons (Fsp3) is 0.385. The highest BCUT2D eigenvalue weighted by Crippen LogP contribution is 2.17. The molecule has 0 fully saturated rings. The van der Waals surface area contributed by atoms with Crippen LogP contribution >= 0.6 is 0 Å². The molecule has 0 aliphatic carbocycles. The predicted octanol–water partition coefficient (Wildman–Crippen LogP) is 1.65. The Morgan fingerprint density at radius 1 is 1.41 bits per heavy atom. The Labute approximate surface area is 101 Å². The van der Waals surface area contributed by atoms with Crippen LogP contribution in [0.4, 0.5) is 5.82 Å². The first kappa shape index (κ1) is 11.5. The van der Waals surface area contributed by atoms with Gasteiger partial charge in [-0.1, -0.05) is 18.1 Å². The molecule has 0 amide bonds. The van der Waals surface area contributed by atoms with Crippen LogP contribution in [-0.2, 0) is 0 Å². The van der Waals surface area contributed by atoms with Gasteiger partial charge < -0.3 is 9.64 Å². The zero-order valence-corrected chi connectivity index (χ0v) is 9.89. The molecule has 1 aliphatic heterocycles. The Kier molecular flexibility index (Phi) is 3.98. The smallest absolute Gasteiger partial charge is 0.219 e. The van der Waals surface area contributed by atoms with E-state index >= 15 is 0 Å². The second-order valence-corrected chi connectivity index (χ2v) is 3.64. The molecule has 0 aromatic carbocycles. The summed E-state index contributed by atoms with van der Waals surface area (Å²) in [6.45, 7) is 4.04. The predicted molar refractivity (Wildman–Crippen MR) is 66.9 cm³/mol. The van der Waals surface area contributed by atoms with E-state index in [0.717, 1.165) is 25.3 Å². The minimum atomic E-state index is 0.368. The molecule has 88 valence electrons. The van der Waals surface area contributed by atoms with Crippen LogP contribution in [0.5, 0.6) is 5.88 Å². The van der Waals surface area contributed by atoms with Crippen LogP contribution < -0.4 is 9.64 Å². The summed E-state index contributed by atoms with van der Waals surface area (Å²) < 4.78 is 5.41. The van der Waals surface area contributed by atoms with Crippen molar-refractivity contribution in [3.05, 3.63) is 24.5 Å². The van der Waals surface area contributed by atoms with Crippen molar-refractivity contribution < 1.29 is 4.74 Å². The van der Waals surface area contributed by atoms with E-state index in [4.69, 9.17) is 4.74 Å². The third-order valence-electron chi connectivity index (χ3n) is 2.48. The average Bonchev–Trinajstić information content (AvgIpc) is 2.41. The lowest BCUT2D eigenvalue weighted by Gasteiger charge is -2.24. The van der Waals surface area contributed by atoms with Crippen molar-refractivity contribution >= 4 is 5.82 Å². The van der Waals surface area contributed by atoms with E-state index in [1.54, 1.807) is 6.92 Å². The van der Waals surface area contributed by atoms with Crippen molar-refractivity contribution in [1.82, 2.24) is 9.97 Å². The molecule has 0 radical (unpaired) electrons. The van der Waals surface area contributed by atoms with Gasteiger partial charge in [0.1, 0.15) is 12.1 Å². The summed E-state index contributed by atoms with van der Waals surface area (Å²) in [6.07, 6.45) is 6.92. The van der Waals surface area contributed by atoms with Gasteiger partial charge in [-0.3, -0.25) is 0 Å². The maximum atomic E-state index is 5.41. The summed E-state index contributed by atoms with van der Waals surface area (Å²) in [5, 5.41) is 0. The summed E-state index contributed by atoms with van der Waals surface area (Å²) >= 11 is 0. The highest BCUT2D eigenvalue weighted by molar-refractivity contribution is 5.42. The zero-order valence-electron chi connectivity index (χ0n) is 9.89. The first-order valence-corrected chi connectivity index (χ1v) is 5.64. The number of ether oxygens (including phenoxy) is 1. The van der Waals surface area contributed by atoms with Gasteiger partial charge in [0.05, 0.1) is 0 Å². The normalized spacial score (nSPS) is 14.1. The van der Waals surface area contributed by atoms with E-state index < -0.39 is 0 Å². The fourth-order valence-electron chi connectivity index (χ4n) is 1.61. The van der Waals surface area contributed by atoms with Crippen LogP contribution in [0, 0.1) is 11.8 Å². The fourth-order valence-corrected chi connectivity index (χ4v) is 1.61. The molecule has 1 aliphatic rings. The maximum Gasteiger partial charge on any atom is 0.219 e. The SMILES string of the molecule is CC#CCOc1cc(N2CC=CCC2)ncn1. The lowest BCUT2D eigenvalue weighted by atomic mass is 10.2. The molecule has 4 heteroatoms. The highest BCUT2D eigenvalue weighted by Gasteiger charge is 2.09. The van der Waals surface area contributed by atoms with E-state index in [-0.39, 0.29) is 0 Å². The van der Waals surface area contributed by atoms with Crippen molar-refractivity contribution in [3.63, 3.8) is 0 Å². The monoisotopic (exact) mass is 229 g/mol. The average molecular weight is 229 g/mol. The quantitative estimate of drug-likeness (QED) is 0.583. The van der Waals surface area contributed by atoms with Gasteiger partial charge in [0.15, 0.2) is 6.61 Å². The summed E-state index contributed by atoms with van der Waals surface area (Å²) in [7, 11) is 0. The number of hydrogen-bond acceptors (Lipinski definition) is 4. The molecular formula is C13H15N3O. The van der Waals surface area contributed by atoms with Crippen molar-refractivity contribution in [3.8, 4) is 17.7 Å². The standard InChI is InChI=1S/C13H15N3O/c1-2-3-9-17-13-10-12(14-11-15-13)16-7-5-4-6-8-16/h4-5,10-11H,6-9H2,1H3. The van der Waals surface area contributed by atoms with Crippen LogP contribution in [0.25, 0.3) is 0 Å². The Hall–Kier alpha value is -2.02. The van der Waals surface area contributed by atoms with E-state index in [9.17, 15) is 0 Å². The summed E-state index contributed by atoms with van der Waals surface area (Å²) in [5.41, 5.74) is 0. The topological polar surface area (TPSA) is 38.2 Å². The molecule has 0 unspecified atom stereocenters. The van der Waals surface area contributed by atoms with Crippen molar-refractivity contribution in [2.24, 2.45) is 0 Å². The van der Waals surface area contributed by atoms with E-state index in [1.807, 2.05) is 6.07 Å².